The largest absolute Gasteiger partial charge is 0.479 e. The molecule has 1 aromatic carbocycles. The second kappa shape index (κ2) is 13.0. The van der Waals surface area contributed by atoms with Gasteiger partial charge in [0.15, 0.2) is 6.10 Å². The molecule has 8 nitrogen and oxygen atoms in total. The first-order valence-corrected chi connectivity index (χ1v) is 12.7. The number of carbonyl (C=O) groups excluding carboxylic acids is 1. The van der Waals surface area contributed by atoms with Crippen LogP contribution in [0, 0.1) is 5.92 Å². The molecule has 0 aromatic heterocycles. The van der Waals surface area contributed by atoms with Crippen LogP contribution < -0.4 is 11.1 Å². The molecule has 3 atom stereocenters. The molecule has 0 aliphatic heterocycles. The Balaban J connectivity index is 2.08. The van der Waals surface area contributed by atoms with Crippen LogP contribution in [0.25, 0.3) is 0 Å². The minimum Gasteiger partial charge on any atom is -0.479 e. The number of hydrogen-bond acceptors (Lipinski definition) is 5. The maximum atomic E-state index is 13.2. The van der Waals surface area contributed by atoms with E-state index in [1.54, 1.807) is 0 Å². The highest BCUT2D eigenvalue weighted by Gasteiger charge is 2.43. The van der Waals surface area contributed by atoms with Crippen molar-refractivity contribution < 1.29 is 28.7 Å². The molecule has 0 saturated heterocycles. The van der Waals surface area contributed by atoms with Crippen molar-refractivity contribution in [2.45, 2.75) is 76.1 Å². The van der Waals surface area contributed by atoms with Gasteiger partial charge in [-0.25, -0.2) is 4.79 Å². The van der Waals surface area contributed by atoms with Gasteiger partial charge in [-0.3, -0.25) is 13.9 Å². The summed E-state index contributed by atoms with van der Waals surface area (Å²) in [6.07, 6.45) is 4.69. The molecular weight excluding hydrogens is 419 g/mol. The summed E-state index contributed by atoms with van der Waals surface area (Å²) in [4.78, 5) is 35.0. The van der Waals surface area contributed by atoms with Crippen LogP contribution in [0.2, 0.25) is 0 Å². The molecule has 0 bridgehead atoms. The Hall–Kier alpha value is -1.73. The first-order valence-electron chi connectivity index (χ1n) is 11.1. The third kappa shape index (κ3) is 8.73. The average molecular weight is 455 g/mol. The number of nitrogens with one attached hydrogen (secondary N) is 1. The van der Waals surface area contributed by atoms with Gasteiger partial charge in [0.1, 0.15) is 5.78 Å². The highest BCUT2D eigenvalue weighted by atomic mass is 31.2. The number of amides is 1. The first kappa shape index (κ1) is 25.5. The summed E-state index contributed by atoms with van der Waals surface area (Å²) in [7, 11) is -4.42. The van der Waals surface area contributed by atoms with E-state index in [0.29, 0.717) is 38.6 Å². The van der Waals surface area contributed by atoms with E-state index in [2.05, 4.69) is 5.32 Å². The average Bonchev–Trinajstić information content (AvgIpc) is 2.76. The number of carboxylic acids is 1. The fourth-order valence-corrected chi connectivity index (χ4v) is 5.83. The van der Waals surface area contributed by atoms with E-state index in [1.165, 1.54) is 0 Å². The van der Waals surface area contributed by atoms with Gasteiger partial charge in [0.25, 0.3) is 0 Å². The first-order chi connectivity index (χ1) is 14.8. The lowest BCUT2D eigenvalue weighted by Gasteiger charge is -2.34. The van der Waals surface area contributed by atoms with Crippen molar-refractivity contribution in [1.29, 1.82) is 0 Å². The number of nitrogens with two attached hydrogens (primary N) is 1. The zero-order valence-corrected chi connectivity index (χ0v) is 18.8. The molecule has 5 N–H and O–H groups in total. The van der Waals surface area contributed by atoms with Gasteiger partial charge < -0.3 is 21.1 Å². The molecule has 2 rings (SSSR count). The van der Waals surface area contributed by atoms with Gasteiger partial charge in [-0.2, -0.15) is 0 Å². The van der Waals surface area contributed by atoms with Crippen LogP contribution in [-0.2, 0) is 25.1 Å². The second-order valence-corrected chi connectivity index (χ2v) is 10.1. The Kier molecular flexibility index (Phi) is 10.7. The highest BCUT2D eigenvalue weighted by molar-refractivity contribution is 7.53. The van der Waals surface area contributed by atoms with E-state index >= 15 is 0 Å². The molecule has 0 heterocycles. The van der Waals surface area contributed by atoms with Crippen molar-refractivity contribution in [3.63, 3.8) is 0 Å². The molecule has 2 unspecified atom stereocenters. The molecular formula is C22H35N2O6P. The molecule has 1 aliphatic carbocycles. The molecule has 31 heavy (non-hydrogen) atoms. The van der Waals surface area contributed by atoms with Crippen LogP contribution in [-0.4, -0.2) is 40.3 Å². The fourth-order valence-electron chi connectivity index (χ4n) is 4.00. The molecule has 174 valence electrons. The van der Waals surface area contributed by atoms with Crippen molar-refractivity contribution in [2.24, 2.45) is 11.7 Å². The van der Waals surface area contributed by atoms with Crippen LogP contribution in [0.4, 0.5) is 0 Å². The maximum absolute atomic E-state index is 13.2. The van der Waals surface area contributed by atoms with E-state index in [1.807, 2.05) is 30.3 Å². The van der Waals surface area contributed by atoms with E-state index in [4.69, 9.17) is 10.3 Å². The van der Waals surface area contributed by atoms with Gasteiger partial charge in [-0.05, 0) is 56.6 Å². The van der Waals surface area contributed by atoms with Gasteiger partial charge in [0.2, 0.25) is 5.91 Å². The predicted octanol–water partition coefficient (Wildman–Crippen LogP) is 3.43. The number of rotatable bonds is 13. The second-order valence-electron chi connectivity index (χ2n) is 8.18. The summed E-state index contributed by atoms with van der Waals surface area (Å²) >= 11 is 0. The fraction of sp³-hybridized carbons (Fsp3) is 0.636. The Labute approximate surface area is 184 Å². The van der Waals surface area contributed by atoms with Gasteiger partial charge >= 0.3 is 13.6 Å². The Morgan fingerprint density at radius 1 is 1.16 bits per heavy atom. The molecule has 1 fully saturated rings. The number of carboxylic acid groups (broad SMARTS) is 1. The lowest BCUT2D eigenvalue weighted by Crippen LogP contribution is -2.42. The van der Waals surface area contributed by atoms with Gasteiger partial charge in [-0.15, -0.1) is 0 Å². The standard InChI is InChI=1S/C22H35N2O6P/c23-16-8-7-13-19(22(26)27)30-31(28,29)21(18-11-5-2-6-12-18)24-20(25)15-14-17-9-3-1-4-10-17/h1,3-4,9-10,18-19,21H,2,5-8,11-16,23H2,(H,24,25)(H,26,27)(H,28,29)/t19?,21-/m0/s1. The summed E-state index contributed by atoms with van der Waals surface area (Å²) < 4.78 is 18.5. The number of unbranched alkanes of at least 4 members (excludes halogenated alkanes) is 1. The lowest BCUT2D eigenvalue weighted by molar-refractivity contribution is -0.145. The van der Waals surface area contributed by atoms with Crippen molar-refractivity contribution in [3.05, 3.63) is 35.9 Å². The van der Waals surface area contributed by atoms with Gasteiger partial charge in [0.05, 0.1) is 0 Å². The molecule has 1 aromatic rings. The Morgan fingerprint density at radius 3 is 2.45 bits per heavy atom. The summed E-state index contributed by atoms with van der Waals surface area (Å²) in [5.41, 5.74) is 6.45. The molecule has 1 saturated carbocycles. The van der Waals surface area contributed by atoms with Crippen LogP contribution in [0.3, 0.4) is 0 Å². The summed E-state index contributed by atoms with van der Waals surface area (Å²) in [6.45, 7) is 0.408. The minimum absolute atomic E-state index is 0.0937. The molecule has 0 spiro atoms. The molecule has 9 heteroatoms. The number of carbonyl (C=O) groups is 2. The Morgan fingerprint density at radius 2 is 1.84 bits per heavy atom. The number of aryl methyl sites for hydroxylation is 1. The normalized spacial score (nSPS) is 18.6. The van der Waals surface area contributed by atoms with Crippen LogP contribution >= 0.6 is 7.60 Å². The van der Waals surface area contributed by atoms with Gasteiger partial charge in [-0.1, -0.05) is 49.6 Å². The highest BCUT2D eigenvalue weighted by Crippen LogP contribution is 2.53. The van der Waals surface area contributed by atoms with Crippen molar-refractivity contribution in [3.8, 4) is 0 Å². The monoisotopic (exact) mass is 454 g/mol. The van der Waals surface area contributed by atoms with Crippen LogP contribution in [0.5, 0.6) is 0 Å². The minimum atomic E-state index is -4.42. The SMILES string of the molecule is NCCCCC(OP(=O)(O)[C@H](NC(=O)CCc1ccccc1)C1CCCCC1)C(=O)O. The van der Waals surface area contributed by atoms with E-state index in [-0.39, 0.29) is 24.7 Å². The van der Waals surface area contributed by atoms with E-state index in [9.17, 15) is 24.2 Å². The smallest absolute Gasteiger partial charge is 0.351 e. The zero-order chi connectivity index (χ0) is 22.7. The van der Waals surface area contributed by atoms with Crippen LogP contribution in [0.1, 0.15) is 63.4 Å². The number of benzene rings is 1. The number of aliphatic carboxylic acids is 1. The Bertz CT molecular complexity index is 739. The van der Waals surface area contributed by atoms with E-state index in [0.717, 1.165) is 24.8 Å². The quantitative estimate of drug-likeness (QED) is 0.264. The number of hydrogen-bond donors (Lipinski definition) is 4. The molecule has 0 radical (unpaired) electrons. The summed E-state index contributed by atoms with van der Waals surface area (Å²) in [5, 5.41) is 12.2. The van der Waals surface area contributed by atoms with Crippen molar-refractivity contribution in [2.75, 3.05) is 6.54 Å². The van der Waals surface area contributed by atoms with Crippen LogP contribution in [0.15, 0.2) is 30.3 Å². The van der Waals surface area contributed by atoms with E-state index < -0.39 is 25.5 Å². The predicted molar refractivity (Wildman–Crippen MR) is 119 cm³/mol. The topological polar surface area (TPSA) is 139 Å². The van der Waals surface area contributed by atoms with Crippen molar-refractivity contribution >= 4 is 19.5 Å². The third-order valence-electron chi connectivity index (χ3n) is 5.71. The molecule has 1 amide bonds. The third-order valence-corrected chi connectivity index (χ3v) is 7.52. The zero-order valence-electron chi connectivity index (χ0n) is 17.9. The van der Waals surface area contributed by atoms with Gasteiger partial charge in [0, 0.05) is 6.42 Å². The summed E-state index contributed by atoms with van der Waals surface area (Å²) in [6, 6.07) is 9.53. The van der Waals surface area contributed by atoms with Crippen molar-refractivity contribution in [1.82, 2.24) is 5.32 Å². The lowest BCUT2D eigenvalue weighted by atomic mass is 9.89. The maximum Gasteiger partial charge on any atom is 0.351 e. The summed E-state index contributed by atoms with van der Waals surface area (Å²) in [5.74, 6) is -2.95. The molecule has 1 aliphatic rings.